The predicted octanol–water partition coefficient (Wildman–Crippen LogP) is 4.76. The molecular weight excluding hydrogens is 427 g/mol. The van der Waals surface area contributed by atoms with Gasteiger partial charge in [-0.1, -0.05) is 30.3 Å². The summed E-state index contributed by atoms with van der Waals surface area (Å²) in [5.41, 5.74) is 2.57. The summed E-state index contributed by atoms with van der Waals surface area (Å²) in [7, 11) is 0. The summed E-state index contributed by atoms with van der Waals surface area (Å²) in [5, 5.41) is 3.48. The highest BCUT2D eigenvalue weighted by Crippen LogP contribution is 2.31. The number of thiophene rings is 1. The van der Waals surface area contributed by atoms with Gasteiger partial charge in [0.1, 0.15) is 27.7 Å². The number of aryl methyl sites for hydroxylation is 1. The topological polar surface area (TPSA) is 76.9 Å². The number of pyridine rings is 1. The van der Waals surface area contributed by atoms with E-state index in [1.165, 1.54) is 40.2 Å². The zero-order chi connectivity index (χ0) is 22.2. The Morgan fingerprint density at radius 1 is 1.03 bits per heavy atom. The standard InChI is InChI=1S/C24H17FN4O2S/c1-14-26-21-18-11-12-19(15-5-3-2-4-6-15)28-23(18)32-22(21)24(31)29(14)13-20(30)27-17-9-7-16(25)8-10-17/h2-12H,13H2,1H3,(H,27,30). The summed E-state index contributed by atoms with van der Waals surface area (Å²) < 4.78 is 14.9. The lowest BCUT2D eigenvalue weighted by atomic mass is 10.1. The van der Waals surface area contributed by atoms with E-state index >= 15 is 0 Å². The molecule has 2 aromatic carbocycles. The molecule has 6 nitrogen and oxygen atoms in total. The number of anilines is 1. The second-order valence-corrected chi connectivity index (χ2v) is 8.30. The first-order valence-electron chi connectivity index (χ1n) is 9.91. The molecule has 0 saturated heterocycles. The van der Waals surface area contributed by atoms with E-state index in [1.54, 1.807) is 6.92 Å². The lowest BCUT2D eigenvalue weighted by Gasteiger charge is -2.10. The maximum atomic E-state index is 13.2. The van der Waals surface area contributed by atoms with Crippen molar-refractivity contribution in [2.75, 3.05) is 5.32 Å². The first-order chi connectivity index (χ1) is 15.5. The van der Waals surface area contributed by atoms with Crippen molar-refractivity contribution in [3.8, 4) is 11.3 Å². The Bertz CT molecular complexity index is 1530. The minimum absolute atomic E-state index is 0.193. The van der Waals surface area contributed by atoms with Crippen LogP contribution in [-0.2, 0) is 11.3 Å². The van der Waals surface area contributed by atoms with Crippen LogP contribution in [0.4, 0.5) is 10.1 Å². The summed E-state index contributed by atoms with van der Waals surface area (Å²) in [6.45, 7) is 1.50. The van der Waals surface area contributed by atoms with Gasteiger partial charge in [0, 0.05) is 16.6 Å². The van der Waals surface area contributed by atoms with E-state index in [0.717, 1.165) is 21.5 Å². The molecule has 3 heterocycles. The Balaban J connectivity index is 1.51. The van der Waals surface area contributed by atoms with Crippen LogP contribution in [0.3, 0.4) is 0 Å². The molecule has 5 aromatic rings. The molecular formula is C24H17FN4O2S. The number of carbonyl (C=O) groups excluding carboxylic acids is 1. The van der Waals surface area contributed by atoms with Crippen LogP contribution in [0, 0.1) is 12.7 Å². The van der Waals surface area contributed by atoms with Crippen LogP contribution in [0.5, 0.6) is 0 Å². The van der Waals surface area contributed by atoms with Crippen molar-refractivity contribution in [1.82, 2.24) is 14.5 Å². The van der Waals surface area contributed by atoms with Crippen LogP contribution in [0.1, 0.15) is 5.82 Å². The Morgan fingerprint density at radius 3 is 2.53 bits per heavy atom. The second kappa shape index (κ2) is 7.97. The molecule has 0 fully saturated rings. The molecule has 8 heteroatoms. The zero-order valence-corrected chi connectivity index (χ0v) is 17.8. The smallest absolute Gasteiger partial charge is 0.272 e. The molecule has 0 saturated carbocycles. The minimum atomic E-state index is -0.395. The van der Waals surface area contributed by atoms with Crippen LogP contribution in [0.25, 0.3) is 31.7 Å². The molecule has 0 bridgehead atoms. The van der Waals surface area contributed by atoms with Gasteiger partial charge in [0.25, 0.3) is 5.56 Å². The fraction of sp³-hybridized carbons (Fsp3) is 0.0833. The molecule has 0 aliphatic carbocycles. The van der Waals surface area contributed by atoms with Gasteiger partial charge >= 0.3 is 0 Å². The minimum Gasteiger partial charge on any atom is -0.325 e. The monoisotopic (exact) mass is 444 g/mol. The summed E-state index contributed by atoms with van der Waals surface area (Å²) in [4.78, 5) is 35.7. The molecule has 0 radical (unpaired) electrons. The molecule has 32 heavy (non-hydrogen) atoms. The Morgan fingerprint density at radius 2 is 1.78 bits per heavy atom. The third-order valence-electron chi connectivity index (χ3n) is 5.13. The molecule has 1 N–H and O–H groups in total. The number of fused-ring (bicyclic) bond motifs is 3. The van der Waals surface area contributed by atoms with Gasteiger partial charge in [-0.2, -0.15) is 0 Å². The highest BCUT2D eigenvalue weighted by Gasteiger charge is 2.17. The third-order valence-corrected chi connectivity index (χ3v) is 6.21. The van der Waals surface area contributed by atoms with E-state index in [0.29, 0.717) is 21.7 Å². The number of carbonyl (C=O) groups is 1. The molecule has 1 amide bonds. The van der Waals surface area contributed by atoms with Crippen molar-refractivity contribution in [2.24, 2.45) is 0 Å². The van der Waals surface area contributed by atoms with Crippen LogP contribution in [-0.4, -0.2) is 20.4 Å². The maximum absolute atomic E-state index is 13.2. The Labute approximate surface area is 186 Å². The van der Waals surface area contributed by atoms with E-state index in [9.17, 15) is 14.0 Å². The van der Waals surface area contributed by atoms with Gasteiger partial charge in [-0.3, -0.25) is 14.2 Å². The van der Waals surface area contributed by atoms with Gasteiger partial charge in [-0.05, 0) is 43.3 Å². The molecule has 0 aliphatic rings. The number of aromatic nitrogens is 3. The molecule has 158 valence electrons. The SMILES string of the molecule is Cc1nc2c(sc3nc(-c4ccccc4)ccc32)c(=O)n1CC(=O)Nc1ccc(F)cc1. The predicted molar refractivity (Wildman–Crippen MR) is 124 cm³/mol. The summed E-state index contributed by atoms with van der Waals surface area (Å²) in [6, 6.07) is 19.1. The van der Waals surface area contributed by atoms with E-state index in [-0.39, 0.29) is 12.1 Å². The van der Waals surface area contributed by atoms with Crippen molar-refractivity contribution in [2.45, 2.75) is 13.5 Å². The molecule has 0 atom stereocenters. The number of amides is 1. The second-order valence-electron chi connectivity index (χ2n) is 7.30. The van der Waals surface area contributed by atoms with Gasteiger partial charge in [0.2, 0.25) is 5.91 Å². The van der Waals surface area contributed by atoms with Gasteiger partial charge in [-0.25, -0.2) is 14.4 Å². The highest BCUT2D eigenvalue weighted by atomic mass is 32.1. The van der Waals surface area contributed by atoms with Crippen molar-refractivity contribution < 1.29 is 9.18 Å². The molecule has 5 rings (SSSR count). The lowest BCUT2D eigenvalue weighted by Crippen LogP contribution is -2.29. The first-order valence-corrected chi connectivity index (χ1v) is 10.7. The van der Waals surface area contributed by atoms with Crippen molar-refractivity contribution >= 4 is 43.4 Å². The van der Waals surface area contributed by atoms with Crippen molar-refractivity contribution in [3.63, 3.8) is 0 Å². The van der Waals surface area contributed by atoms with Crippen molar-refractivity contribution in [3.05, 3.63) is 88.7 Å². The number of halogens is 1. The molecule has 0 spiro atoms. The van der Waals surface area contributed by atoms with Crippen LogP contribution in [0.15, 0.2) is 71.5 Å². The number of nitrogens with one attached hydrogen (secondary N) is 1. The number of rotatable bonds is 4. The van der Waals surface area contributed by atoms with E-state index < -0.39 is 11.7 Å². The van der Waals surface area contributed by atoms with Gasteiger partial charge < -0.3 is 5.32 Å². The normalized spacial score (nSPS) is 11.2. The third kappa shape index (κ3) is 3.65. The average Bonchev–Trinajstić information content (AvgIpc) is 3.16. The van der Waals surface area contributed by atoms with E-state index in [1.807, 2.05) is 42.5 Å². The van der Waals surface area contributed by atoms with Crippen molar-refractivity contribution in [1.29, 1.82) is 0 Å². The van der Waals surface area contributed by atoms with Gasteiger partial charge in [0.15, 0.2) is 0 Å². The van der Waals surface area contributed by atoms with Gasteiger partial charge in [0.05, 0.1) is 11.2 Å². The van der Waals surface area contributed by atoms with Gasteiger partial charge in [-0.15, -0.1) is 11.3 Å². The highest BCUT2D eigenvalue weighted by molar-refractivity contribution is 7.25. The summed E-state index contributed by atoms with van der Waals surface area (Å²) >= 11 is 1.27. The van der Waals surface area contributed by atoms with E-state index in [4.69, 9.17) is 4.98 Å². The van der Waals surface area contributed by atoms with Crippen LogP contribution in [0.2, 0.25) is 0 Å². The fourth-order valence-electron chi connectivity index (χ4n) is 3.55. The number of hydrogen-bond acceptors (Lipinski definition) is 5. The number of benzene rings is 2. The fourth-order valence-corrected chi connectivity index (χ4v) is 4.61. The average molecular weight is 444 g/mol. The molecule has 3 aromatic heterocycles. The number of nitrogens with zero attached hydrogens (tertiary/aromatic N) is 3. The Hall–Kier alpha value is -3.91. The number of hydrogen-bond donors (Lipinski definition) is 1. The maximum Gasteiger partial charge on any atom is 0.272 e. The zero-order valence-electron chi connectivity index (χ0n) is 17.0. The molecule has 0 aliphatic heterocycles. The lowest BCUT2D eigenvalue weighted by molar-refractivity contribution is -0.116. The van der Waals surface area contributed by atoms with E-state index in [2.05, 4.69) is 10.3 Å². The quantitative estimate of drug-likeness (QED) is 0.434. The molecule has 0 unspecified atom stereocenters. The first kappa shape index (κ1) is 20.0. The largest absolute Gasteiger partial charge is 0.325 e. The van der Waals surface area contributed by atoms with Crippen LogP contribution >= 0.6 is 11.3 Å². The summed E-state index contributed by atoms with van der Waals surface area (Å²) in [6.07, 6.45) is 0. The van der Waals surface area contributed by atoms with Crippen LogP contribution < -0.4 is 10.9 Å². The Kier molecular flexibility index (Phi) is 4.99. The summed E-state index contributed by atoms with van der Waals surface area (Å²) in [5.74, 6) is -0.351.